The van der Waals surface area contributed by atoms with E-state index in [-0.39, 0.29) is 21.8 Å². The van der Waals surface area contributed by atoms with Gasteiger partial charge in [-0.05, 0) is 68.5 Å². The van der Waals surface area contributed by atoms with Crippen molar-refractivity contribution in [2.45, 2.75) is 29.4 Å². The monoisotopic (exact) mass is 650 g/mol. The van der Waals surface area contributed by atoms with Crippen molar-refractivity contribution in [3.63, 3.8) is 0 Å². The molecule has 1 saturated heterocycles. The number of nitrogens with zero attached hydrogens (tertiary/aromatic N) is 2. The third kappa shape index (κ3) is 5.50. The van der Waals surface area contributed by atoms with E-state index < -0.39 is 31.6 Å². The number of piperidine rings is 1. The Hall–Kier alpha value is -1.76. The lowest BCUT2D eigenvalue weighted by Crippen LogP contribution is -2.39. The first-order valence-corrected chi connectivity index (χ1v) is 14.6. The van der Waals surface area contributed by atoms with E-state index in [0.29, 0.717) is 31.0 Å². The Balaban J connectivity index is 1.46. The predicted molar refractivity (Wildman–Crippen MR) is 139 cm³/mol. The molecule has 2 aromatic carbocycles. The zero-order valence-corrected chi connectivity index (χ0v) is 23.7. The second-order valence-corrected chi connectivity index (χ2v) is 12.7. The summed E-state index contributed by atoms with van der Waals surface area (Å²) in [5.41, 5.74) is 1.88. The molecular weight excluding hydrogens is 630 g/mol. The minimum Gasteiger partial charge on any atom is -0.497 e. The van der Waals surface area contributed by atoms with Gasteiger partial charge in [-0.1, -0.05) is 0 Å². The van der Waals surface area contributed by atoms with Crippen LogP contribution in [-0.2, 0) is 16.3 Å². The minimum absolute atomic E-state index is 0.224. The van der Waals surface area contributed by atoms with Crippen molar-refractivity contribution in [3.05, 3.63) is 61.5 Å². The number of halogens is 4. The molecule has 1 aromatic heterocycles. The molecule has 0 bridgehead atoms. The number of sulfone groups is 1. The average Bonchev–Trinajstić information content (AvgIpc) is 3.31. The van der Waals surface area contributed by atoms with Gasteiger partial charge in [0.1, 0.15) is 22.2 Å². The molecule has 4 rings (SSSR count). The lowest BCUT2D eigenvalue weighted by molar-refractivity contribution is 0.393. The summed E-state index contributed by atoms with van der Waals surface area (Å²) >= 11 is 7.30. The summed E-state index contributed by atoms with van der Waals surface area (Å²) in [4.78, 5) is 6.12. The Morgan fingerprint density at radius 3 is 2.31 bits per heavy atom. The normalized spacial score (nSPS) is 14.9. The lowest BCUT2D eigenvalue weighted by Gasteiger charge is -2.31. The van der Waals surface area contributed by atoms with E-state index in [1.54, 1.807) is 20.3 Å². The van der Waals surface area contributed by atoms with E-state index in [4.69, 9.17) is 14.5 Å². The number of benzene rings is 2. The first-order valence-electron chi connectivity index (χ1n) is 10.6. The molecule has 2 heterocycles. The molecule has 0 spiro atoms. The number of ether oxygens (including phenoxy) is 2. The van der Waals surface area contributed by atoms with Crippen LogP contribution in [0.25, 0.3) is 0 Å². The molecule has 1 aliphatic rings. The van der Waals surface area contributed by atoms with Gasteiger partial charge in [-0.2, -0.15) is 0 Å². The van der Waals surface area contributed by atoms with Crippen molar-refractivity contribution in [1.82, 2.24) is 4.98 Å². The van der Waals surface area contributed by atoms with Crippen molar-refractivity contribution >= 4 is 58.2 Å². The highest BCUT2D eigenvalue weighted by atomic mass is 79.9. The summed E-state index contributed by atoms with van der Waals surface area (Å²) in [7, 11) is -0.881. The molecule has 0 amide bonds. The quantitative estimate of drug-likeness (QED) is 0.292. The Kier molecular flexibility index (Phi) is 8.04. The maximum absolute atomic E-state index is 14.7. The zero-order valence-electron chi connectivity index (χ0n) is 18.9. The van der Waals surface area contributed by atoms with Gasteiger partial charge in [-0.3, -0.25) is 0 Å². The fourth-order valence-electron chi connectivity index (χ4n) is 4.03. The van der Waals surface area contributed by atoms with Crippen LogP contribution in [0.2, 0.25) is 0 Å². The van der Waals surface area contributed by atoms with Crippen molar-refractivity contribution in [1.29, 1.82) is 0 Å². The van der Waals surface area contributed by atoms with E-state index in [1.165, 1.54) is 11.3 Å². The standard InChI is InChI=1S/C23H22Br2F2N2O4S2/c1-32-15-8-13(9-16(10-15)33-2)7-14-12-34-23(28-14)29-5-3-17(4-6-29)35(30,31)22-20(25)19(26)11-18(24)21(22)27/h8-12,17H,3-7H2,1-2H3. The zero-order chi connectivity index (χ0) is 25.3. The molecule has 0 unspecified atom stereocenters. The molecule has 0 saturated carbocycles. The second-order valence-electron chi connectivity index (χ2n) is 8.05. The third-order valence-electron chi connectivity index (χ3n) is 5.84. The van der Waals surface area contributed by atoms with Crippen LogP contribution in [0.15, 0.2) is 43.5 Å². The number of hydrogen-bond acceptors (Lipinski definition) is 7. The van der Waals surface area contributed by atoms with Crippen LogP contribution < -0.4 is 14.4 Å². The number of anilines is 1. The predicted octanol–water partition coefficient (Wildman–Crippen LogP) is 6.00. The van der Waals surface area contributed by atoms with E-state index in [2.05, 4.69) is 31.9 Å². The van der Waals surface area contributed by atoms with Crippen LogP contribution in [0.3, 0.4) is 0 Å². The summed E-state index contributed by atoms with van der Waals surface area (Å²) in [6, 6.07) is 6.57. The largest absolute Gasteiger partial charge is 0.497 e. The molecule has 6 nitrogen and oxygen atoms in total. The maximum atomic E-state index is 14.7. The molecule has 1 aliphatic heterocycles. The Labute approximate surface area is 223 Å². The van der Waals surface area contributed by atoms with Crippen LogP contribution in [0, 0.1) is 11.6 Å². The molecule has 0 atom stereocenters. The summed E-state index contributed by atoms with van der Waals surface area (Å²) in [6.07, 6.45) is 1.16. The van der Waals surface area contributed by atoms with Crippen molar-refractivity contribution < 1.29 is 26.7 Å². The molecule has 35 heavy (non-hydrogen) atoms. The van der Waals surface area contributed by atoms with E-state index in [0.717, 1.165) is 22.5 Å². The highest BCUT2D eigenvalue weighted by Crippen LogP contribution is 2.37. The van der Waals surface area contributed by atoms with Gasteiger partial charge in [0.15, 0.2) is 20.8 Å². The van der Waals surface area contributed by atoms with Crippen LogP contribution >= 0.6 is 43.2 Å². The lowest BCUT2D eigenvalue weighted by atomic mass is 10.1. The molecule has 0 aliphatic carbocycles. The van der Waals surface area contributed by atoms with E-state index in [9.17, 15) is 17.2 Å². The van der Waals surface area contributed by atoms with Gasteiger partial charge >= 0.3 is 0 Å². The molecule has 188 valence electrons. The summed E-state index contributed by atoms with van der Waals surface area (Å²) < 4.78 is 65.2. The van der Waals surface area contributed by atoms with Crippen molar-refractivity contribution in [2.75, 3.05) is 32.2 Å². The molecule has 12 heteroatoms. The fraction of sp³-hybridized carbons (Fsp3) is 0.348. The van der Waals surface area contributed by atoms with Gasteiger partial charge in [-0.15, -0.1) is 11.3 Å². The fourth-order valence-corrected chi connectivity index (χ4v) is 8.27. The number of aromatic nitrogens is 1. The molecule has 3 aromatic rings. The number of hydrogen-bond donors (Lipinski definition) is 0. The molecule has 0 N–H and O–H groups in total. The van der Waals surface area contributed by atoms with E-state index in [1.807, 2.05) is 22.4 Å². The molecular formula is C23H22Br2F2N2O4S2. The van der Waals surface area contributed by atoms with Crippen molar-refractivity contribution in [2.24, 2.45) is 0 Å². The van der Waals surface area contributed by atoms with Gasteiger partial charge in [0.2, 0.25) is 0 Å². The summed E-state index contributed by atoms with van der Waals surface area (Å²) in [6.45, 7) is 0.888. The highest BCUT2D eigenvalue weighted by Gasteiger charge is 2.37. The number of rotatable bonds is 7. The van der Waals surface area contributed by atoms with Crippen LogP contribution in [0.5, 0.6) is 11.5 Å². The highest BCUT2D eigenvalue weighted by molar-refractivity contribution is 9.11. The molecule has 1 fully saturated rings. The Morgan fingerprint density at radius 1 is 1.09 bits per heavy atom. The topological polar surface area (TPSA) is 68.7 Å². The third-order valence-corrected chi connectivity index (χ3v) is 10.7. The minimum atomic E-state index is -4.08. The summed E-state index contributed by atoms with van der Waals surface area (Å²) in [5.74, 6) is -0.421. The maximum Gasteiger partial charge on any atom is 0.185 e. The smallest absolute Gasteiger partial charge is 0.185 e. The van der Waals surface area contributed by atoms with Gasteiger partial charge < -0.3 is 14.4 Å². The van der Waals surface area contributed by atoms with Gasteiger partial charge in [-0.25, -0.2) is 22.2 Å². The first-order chi connectivity index (χ1) is 16.6. The first kappa shape index (κ1) is 26.3. The van der Waals surface area contributed by atoms with Crippen molar-refractivity contribution in [3.8, 4) is 11.5 Å². The van der Waals surface area contributed by atoms with Gasteiger partial charge in [0.05, 0.1) is 34.1 Å². The van der Waals surface area contributed by atoms with Crippen LogP contribution in [0.4, 0.5) is 13.9 Å². The van der Waals surface area contributed by atoms with Gasteiger partial charge in [0.25, 0.3) is 0 Å². The summed E-state index contributed by atoms with van der Waals surface area (Å²) in [5, 5.41) is 1.95. The van der Waals surface area contributed by atoms with Crippen LogP contribution in [-0.4, -0.2) is 46.0 Å². The van der Waals surface area contributed by atoms with Crippen LogP contribution in [0.1, 0.15) is 24.1 Å². The van der Waals surface area contributed by atoms with E-state index >= 15 is 0 Å². The number of thiazole rings is 1. The number of methoxy groups -OCH3 is 2. The second kappa shape index (κ2) is 10.7. The Morgan fingerprint density at radius 2 is 1.71 bits per heavy atom. The average molecular weight is 652 g/mol. The molecule has 0 radical (unpaired) electrons. The SMILES string of the molecule is COc1cc(Cc2csc(N3CCC(S(=O)(=O)c4c(F)c(Br)cc(F)c4Br)CC3)n2)cc(OC)c1. The van der Waals surface area contributed by atoms with Gasteiger partial charge in [0, 0.05) is 31.0 Å². The Bertz CT molecular complexity index is 1300.